The van der Waals surface area contributed by atoms with Crippen LogP contribution in [0.5, 0.6) is 23.0 Å². The van der Waals surface area contributed by atoms with Gasteiger partial charge in [0.25, 0.3) is 0 Å². The van der Waals surface area contributed by atoms with Crippen molar-refractivity contribution in [1.82, 2.24) is 0 Å². The average Bonchev–Trinajstić information content (AvgIpc) is 3.15. The number of hydrogen-bond acceptors (Lipinski definition) is 6. The zero-order chi connectivity index (χ0) is 20.3. The van der Waals surface area contributed by atoms with E-state index in [1.807, 2.05) is 39.0 Å². The molecule has 6 heteroatoms. The van der Waals surface area contributed by atoms with Crippen molar-refractivity contribution in [2.24, 2.45) is 5.92 Å². The minimum absolute atomic E-state index is 0.0111. The van der Waals surface area contributed by atoms with Gasteiger partial charge in [-0.15, -0.1) is 0 Å². The van der Waals surface area contributed by atoms with Crippen LogP contribution >= 0.6 is 0 Å². The van der Waals surface area contributed by atoms with E-state index in [1.54, 1.807) is 25.3 Å². The van der Waals surface area contributed by atoms with Gasteiger partial charge in [-0.3, -0.25) is 4.79 Å². The third-order valence-corrected chi connectivity index (χ3v) is 4.46. The van der Waals surface area contributed by atoms with E-state index in [2.05, 4.69) is 0 Å². The highest BCUT2D eigenvalue weighted by Crippen LogP contribution is 2.42. The second kappa shape index (κ2) is 8.25. The Bertz CT molecular complexity index is 917. The Morgan fingerprint density at radius 1 is 1.21 bits per heavy atom. The van der Waals surface area contributed by atoms with Gasteiger partial charge in [-0.05, 0) is 54.8 Å². The smallest absolute Gasteiger partial charge is 0.231 e. The van der Waals surface area contributed by atoms with Crippen molar-refractivity contribution in [3.8, 4) is 23.0 Å². The summed E-state index contributed by atoms with van der Waals surface area (Å²) in [5.74, 6) is 2.21. The van der Waals surface area contributed by atoms with E-state index >= 15 is 0 Å². The minimum Gasteiger partial charge on any atom is -0.493 e. The van der Waals surface area contributed by atoms with Crippen molar-refractivity contribution in [1.29, 1.82) is 0 Å². The van der Waals surface area contributed by atoms with Crippen LogP contribution in [0.2, 0.25) is 0 Å². The van der Waals surface area contributed by atoms with Crippen LogP contribution in [0.4, 0.5) is 5.69 Å². The number of nitrogens with two attached hydrogens (primary N) is 1. The zero-order valence-corrected chi connectivity index (χ0v) is 16.6. The molecule has 0 unspecified atom stereocenters. The lowest BCUT2D eigenvalue weighted by Gasteiger charge is -2.14. The van der Waals surface area contributed by atoms with Gasteiger partial charge in [0, 0.05) is 11.1 Å². The second-order valence-corrected chi connectivity index (χ2v) is 6.73. The molecule has 0 aliphatic carbocycles. The lowest BCUT2D eigenvalue weighted by atomic mass is 9.92. The van der Waals surface area contributed by atoms with E-state index in [9.17, 15) is 4.79 Å². The number of ether oxygens (including phenoxy) is 4. The summed E-state index contributed by atoms with van der Waals surface area (Å²) >= 11 is 0. The Hall–Kier alpha value is -3.15. The van der Waals surface area contributed by atoms with E-state index in [4.69, 9.17) is 24.7 Å². The van der Waals surface area contributed by atoms with Gasteiger partial charge in [-0.1, -0.05) is 13.8 Å². The fourth-order valence-electron chi connectivity index (χ4n) is 3.03. The first-order valence-corrected chi connectivity index (χ1v) is 9.20. The molecule has 0 radical (unpaired) electrons. The molecule has 2 N–H and O–H groups in total. The summed E-state index contributed by atoms with van der Waals surface area (Å²) in [7, 11) is 1.57. The molecule has 0 fully saturated rings. The van der Waals surface area contributed by atoms with Crippen LogP contribution in [0.1, 0.15) is 36.7 Å². The molecular weight excluding hydrogens is 358 g/mol. The van der Waals surface area contributed by atoms with Crippen LogP contribution in [0.25, 0.3) is 6.08 Å². The summed E-state index contributed by atoms with van der Waals surface area (Å²) in [5.41, 5.74) is 8.43. The van der Waals surface area contributed by atoms with E-state index in [0.717, 1.165) is 5.56 Å². The Balaban J connectivity index is 2.00. The molecule has 0 bridgehead atoms. The maximum atomic E-state index is 13.2. The van der Waals surface area contributed by atoms with Gasteiger partial charge in [-0.2, -0.15) is 0 Å². The molecule has 1 heterocycles. The number of nitrogen functional groups attached to an aromatic ring is 1. The van der Waals surface area contributed by atoms with Gasteiger partial charge in [-0.25, -0.2) is 0 Å². The predicted molar refractivity (Wildman–Crippen MR) is 108 cm³/mol. The fourth-order valence-corrected chi connectivity index (χ4v) is 3.03. The van der Waals surface area contributed by atoms with Gasteiger partial charge >= 0.3 is 0 Å². The minimum atomic E-state index is -0.0763. The van der Waals surface area contributed by atoms with Crippen LogP contribution in [-0.2, 0) is 0 Å². The molecule has 1 aliphatic heterocycles. The Labute approximate surface area is 164 Å². The molecule has 28 heavy (non-hydrogen) atoms. The SMILES string of the molecule is CCOc1cc(C(=O)/C(=C/c2cc(OC)c3c(c2)OCO3)C(C)C)ccc1N. The predicted octanol–water partition coefficient (Wildman–Crippen LogP) is 4.33. The Morgan fingerprint density at radius 3 is 2.68 bits per heavy atom. The number of benzene rings is 2. The molecule has 0 aromatic heterocycles. The number of rotatable bonds is 7. The number of Topliss-reactive ketones (excluding diaryl/α,β-unsaturated/α-hetero) is 1. The molecule has 1 aliphatic rings. The van der Waals surface area contributed by atoms with Gasteiger partial charge in [0.2, 0.25) is 12.5 Å². The molecule has 0 spiro atoms. The third kappa shape index (κ3) is 3.91. The molecule has 0 amide bonds. The summed E-state index contributed by atoms with van der Waals surface area (Å²) in [4.78, 5) is 13.2. The number of methoxy groups -OCH3 is 1. The molecule has 3 rings (SSSR count). The number of carbonyl (C=O) groups excluding carboxylic acids is 1. The first-order valence-electron chi connectivity index (χ1n) is 9.20. The van der Waals surface area contributed by atoms with E-state index in [1.165, 1.54) is 0 Å². The number of carbonyl (C=O) groups is 1. The highest BCUT2D eigenvalue weighted by molar-refractivity contribution is 6.12. The number of fused-ring (bicyclic) bond motifs is 1. The van der Waals surface area contributed by atoms with Crippen molar-refractivity contribution >= 4 is 17.5 Å². The van der Waals surface area contributed by atoms with Gasteiger partial charge in [0.15, 0.2) is 17.3 Å². The van der Waals surface area contributed by atoms with Crippen LogP contribution in [0.3, 0.4) is 0 Å². The van der Waals surface area contributed by atoms with Gasteiger partial charge in [0.1, 0.15) is 5.75 Å². The van der Waals surface area contributed by atoms with E-state index in [0.29, 0.717) is 46.4 Å². The summed E-state index contributed by atoms with van der Waals surface area (Å²) < 4.78 is 21.8. The number of anilines is 1. The Morgan fingerprint density at radius 2 is 2.00 bits per heavy atom. The summed E-state index contributed by atoms with van der Waals surface area (Å²) in [6, 6.07) is 8.78. The van der Waals surface area contributed by atoms with Crippen LogP contribution in [0, 0.1) is 5.92 Å². The molecule has 0 saturated heterocycles. The zero-order valence-electron chi connectivity index (χ0n) is 16.6. The maximum absolute atomic E-state index is 13.2. The van der Waals surface area contributed by atoms with Gasteiger partial charge < -0.3 is 24.7 Å². The topological polar surface area (TPSA) is 80.0 Å². The number of hydrogen-bond donors (Lipinski definition) is 1. The summed E-state index contributed by atoms with van der Waals surface area (Å²) in [6.07, 6.45) is 1.86. The maximum Gasteiger partial charge on any atom is 0.231 e. The largest absolute Gasteiger partial charge is 0.493 e. The monoisotopic (exact) mass is 383 g/mol. The molecular formula is C22H25NO5. The average molecular weight is 383 g/mol. The van der Waals surface area contributed by atoms with Crippen LogP contribution in [0.15, 0.2) is 35.9 Å². The molecule has 0 atom stereocenters. The molecule has 6 nitrogen and oxygen atoms in total. The van der Waals surface area contributed by atoms with Crippen molar-refractivity contribution in [3.05, 3.63) is 47.0 Å². The van der Waals surface area contributed by atoms with Crippen molar-refractivity contribution < 1.29 is 23.7 Å². The fraction of sp³-hybridized carbons (Fsp3) is 0.318. The van der Waals surface area contributed by atoms with E-state index in [-0.39, 0.29) is 18.5 Å². The Kier molecular flexibility index (Phi) is 5.78. The first kappa shape index (κ1) is 19.6. The quantitative estimate of drug-likeness (QED) is 0.436. The number of allylic oxidation sites excluding steroid dienone is 1. The molecule has 148 valence electrons. The molecule has 2 aromatic carbocycles. The van der Waals surface area contributed by atoms with Crippen molar-refractivity contribution in [2.45, 2.75) is 20.8 Å². The standard InChI is InChI=1S/C22H25NO5/c1-5-26-18-11-15(6-7-17(18)23)21(24)16(13(2)3)8-14-9-19(25-4)22-20(10-14)27-12-28-22/h6-11,13H,5,12,23H2,1-4H3/b16-8+. The first-order chi connectivity index (χ1) is 13.4. The van der Waals surface area contributed by atoms with Crippen molar-refractivity contribution in [3.63, 3.8) is 0 Å². The lowest BCUT2D eigenvalue weighted by Crippen LogP contribution is -2.10. The summed E-state index contributed by atoms with van der Waals surface area (Å²) in [6.45, 7) is 6.47. The van der Waals surface area contributed by atoms with Crippen molar-refractivity contribution in [2.75, 3.05) is 26.2 Å². The number of ketones is 1. The normalized spacial score (nSPS) is 13.0. The van der Waals surface area contributed by atoms with Crippen LogP contribution in [-0.4, -0.2) is 26.3 Å². The molecule has 0 saturated carbocycles. The summed E-state index contributed by atoms with van der Waals surface area (Å²) in [5, 5.41) is 0. The third-order valence-electron chi connectivity index (χ3n) is 4.46. The van der Waals surface area contributed by atoms with E-state index < -0.39 is 0 Å². The highest BCUT2D eigenvalue weighted by Gasteiger charge is 2.22. The van der Waals surface area contributed by atoms with Gasteiger partial charge in [0.05, 0.1) is 19.4 Å². The van der Waals surface area contributed by atoms with Crippen LogP contribution < -0.4 is 24.7 Å². The lowest BCUT2D eigenvalue weighted by molar-refractivity contribution is 0.102. The molecule has 2 aromatic rings. The highest BCUT2D eigenvalue weighted by atomic mass is 16.7. The second-order valence-electron chi connectivity index (χ2n) is 6.73.